The largest absolute Gasteiger partial charge is 0.410 e. The molecule has 1 heterocycles. The summed E-state index contributed by atoms with van der Waals surface area (Å²) in [6, 6.07) is 10.4. The molecule has 1 aromatic rings. The van der Waals surface area contributed by atoms with Crippen molar-refractivity contribution in [3.63, 3.8) is 0 Å². The molecule has 1 aromatic carbocycles. The molecular weight excluding hydrogens is 294 g/mol. The SMILES string of the molecule is CO[C@@]1(C)C[C@H](c2ccccc2)C(C(C)O[Si](C)(C)C)=NO1. The molecule has 4 nitrogen and oxygen atoms in total. The standard InChI is InChI=1S/C17H27NO3Si/c1-13(20-22(4,5)6)16-15(14-10-8-7-9-11-14)12-17(2,19-3)21-18-16/h7-11,13,15H,12H2,1-6H3/t13?,15-,17-/m1/s1. The molecule has 0 saturated heterocycles. The third-order valence-electron chi connectivity index (χ3n) is 3.86. The van der Waals surface area contributed by atoms with Gasteiger partial charge in [0.2, 0.25) is 5.79 Å². The number of hydrogen-bond donors (Lipinski definition) is 0. The molecule has 122 valence electrons. The Morgan fingerprint density at radius 2 is 1.91 bits per heavy atom. The van der Waals surface area contributed by atoms with E-state index in [2.05, 4.69) is 56.0 Å². The van der Waals surface area contributed by atoms with Gasteiger partial charge >= 0.3 is 0 Å². The van der Waals surface area contributed by atoms with Gasteiger partial charge in [0, 0.05) is 26.4 Å². The van der Waals surface area contributed by atoms with E-state index in [0.29, 0.717) is 0 Å². The zero-order valence-electron chi connectivity index (χ0n) is 14.4. The predicted molar refractivity (Wildman–Crippen MR) is 91.6 cm³/mol. The molecular formula is C17H27NO3Si. The van der Waals surface area contributed by atoms with Crippen LogP contribution in [0.3, 0.4) is 0 Å². The van der Waals surface area contributed by atoms with Crippen LogP contribution in [0, 0.1) is 0 Å². The monoisotopic (exact) mass is 321 g/mol. The van der Waals surface area contributed by atoms with Crippen molar-refractivity contribution in [1.29, 1.82) is 0 Å². The van der Waals surface area contributed by atoms with Crippen molar-refractivity contribution in [3.05, 3.63) is 35.9 Å². The summed E-state index contributed by atoms with van der Waals surface area (Å²) in [7, 11) is 0.0109. The molecule has 0 radical (unpaired) electrons. The van der Waals surface area contributed by atoms with Crippen molar-refractivity contribution in [2.24, 2.45) is 5.16 Å². The van der Waals surface area contributed by atoms with Crippen molar-refractivity contribution >= 4 is 14.0 Å². The Labute approximate surface area is 134 Å². The fourth-order valence-corrected chi connectivity index (χ4v) is 3.95. The van der Waals surface area contributed by atoms with E-state index in [-0.39, 0.29) is 12.0 Å². The van der Waals surface area contributed by atoms with Crippen LogP contribution in [0.1, 0.15) is 31.7 Å². The van der Waals surface area contributed by atoms with Gasteiger partial charge in [-0.15, -0.1) is 0 Å². The van der Waals surface area contributed by atoms with Crippen LogP contribution in [0.2, 0.25) is 19.6 Å². The smallest absolute Gasteiger partial charge is 0.234 e. The van der Waals surface area contributed by atoms with E-state index in [9.17, 15) is 0 Å². The van der Waals surface area contributed by atoms with Crippen LogP contribution >= 0.6 is 0 Å². The minimum atomic E-state index is -1.65. The minimum absolute atomic E-state index is 0.0571. The van der Waals surface area contributed by atoms with E-state index in [1.54, 1.807) is 7.11 Å². The first-order valence-electron chi connectivity index (χ1n) is 7.78. The Balaban J connectivity index is 2.32. The first-order valence-corrected chi connectivity index (χ1v) is 11.2. The molecule has 0 bridgehead atoms. The van der Waals surface area contributed by atoms with E-state index in [4.69, 9.17) is 14.0 Å². The lowest BCUT2D eigenvalue weighted by Crippen LogP contribution is -2.44. The van der Waals surface area contributed by atoms with E-state index in [1.165, 1.54) is 5.56 Å². The molecule has 5 heteroatoms. The number of hydrogen-bond acceptors (Lipinski definition) is 4. The lowest BCUT2D eigenvalue weighted by Gasteiger charge is -2.37. The quantitative estimate of drug-likeness (QED) is 0.765. The number of nitrogens with zero attached hydrogens (tertiary/aromatic N) is 1. The highest BCUT2D eigenvalue weighted by Gasteiger charge is 2.40. The molecule has 22 heavy (non-hydrogen) atoms. The maximum absolute atomic E-state index is 6.22. The summed E-state index contributed by atoms with van der Waals surface area (Å²) in [6.45, 7) is 10.5. The van der Waals surface area contributed by atoms with Gasteiger partial charge in [0.1, 0.15) is 0 Å². The summed E-state index contributed by atoms with van der Waals surface area (Å²) in [5, 5.41) is 4.38. The first-order chi connectivity index (χ1) is 10.2. The van der Waals surface area contributed by atoms with Gasteiger partial charge in [0.05, 0.1) is 11.8 Å². The highest BCUT2D eigenvalue weighted by atomic mass is 28.4. The van der Waals surface area contributed by atoms with Gasteiger partial charge in [0.15, 0.2) is 8.32 Å². The second-order valence-electron chi connectivity index (χ2n) is 6.99. The maximum atomic E-state index is 6.22. The summed E-state index contributed by atoms with van der Waals surface area (Å²) >= 11 is 0. The fourth-order valence-electron chi connectivity index (χ4n) is 2.77. The van der Waals surface area contributed by atoms with Crippen LogP contribution < -0.4 is 0 Å². The van der Waals surface area contributed by atoms with Gasteiger partial charge in [-0.25, -0.2) is 0 Å². The van der Waals surface area contributed by atoms with Gasteiger partial charge in [-0.2, -0.15) is 0 Å². The molecule has 0 fully saturated rings. The minimum Gasteiger partial charge on any atom is -0.410 e. The Kier molecular flexibility index (Phi) is 5.09. The van der Waals surface area contributed by atoms with Crippen molar-refractivity contribution in [2.45, 2.75) is 57.7 Å². The highest BCUT2D eigenvalue weighted by Crippen LogP contribution is 2.36. The lowest BCUT2D eigenvalue weighted by molar-refractivity contribution is -0.222. The van der Waals surface area contributed by atoms with Crippen LogP contribution in [-0.4, -0.2) is 33.0 Å². The second kappa shape index (κ2) is 6.52. The number of oxime groups is 1. The topological polar surface area (TPSA) is 40.0 Å². The Morgan fingerprint density at radius 3 is 2.45 bits per heavy atom. The van der Waals surface area contributed by atoms with E-state index in [0.717, 1.165) is 12.1 Å². The summed E-state index contributed by atoms with van der Waals surface area (Å²) in [6.07, 6.45) is 0.671. The van der Waals surface area contributed by atoms with Crippen LogP contribution in [0.5, 0.6) is 0 Å². The highest BCUT2D eigenvalue weighted by molar-refractivity contribution is 6.69. The molecule has 0 N–H and O–H groups in total. The molecule has 1 aliphatic rings. The van der Waals surface area contributed by atoms with Crippen LogP contribution in [0.4, 0.5) is 0 Å². The van der Waals surface area contributed by atoms with Crippen molar-refractivity contribution in [1.82, 2.24) is 0 Å². The van der Waals surface area contributed by atoms with Crippen molar-refractivity contribution in [2.75, 3.05) is 7.11 Å². The Morgan fingerprint density at radius 1 is 1.27 bits per heavy atom. The molecule has 2 rings (SSSR count). The average molecular weight is 321 g/mol. The summed E-state index contributed by atoms with van der Waals surface area (Å²) < 4.78 is 11.7. The summed E-state index contributed by atoms with van der Waals surface area (Å²) in [5.41, 5.74) is 2.17. The zero-order chi connectivity index (χ0) is 16.4. The molecule has 1 aliphatic heterocycles. The van der Waals surface area contributed by atoms with Gasteiger partial charge in [-0.1, -0.05) is 35.5 Å². The number of ether oxygens (including phenoxy) is 1. The van der Waals surface area contributed by atoms with E-state index < -0.39 is 14.1 Å². The molecule has 1 unspecified atom stereocenters. The summed E-state index contributed by atoms with van der Waals surface area (Å²) in [4.78, 5) is 5.62. The molecule has 0 spiro atoms. The van der Waals surface area contributed by atoms with E-state index in [1.807, 2.05) is 13.0 Å². The maximum Gasteiger partial charge on any atom is 0.234 e. The average Bonchev–Trinajstić information content (AvgIpc) is 2.46. The van der Waals surface area contributed by atoms with Gasteiger partial charge in [-0.3, -0.25) is 0 Å². The van der Waals surface area contributed by atoms with Crippen molar-refractivity contribution in [3.8, 4) is 0 Å². The third kappa shape index (κ3) is 4.18. The van der Waals surface area contributed by atoms with Gasteiger partial charge in [-0.05, 0) is 32.1 Å². The predicted octanol–water partition coefficient (Wildman–Crippen LogP) is 4.15. The number of benzene rings is 1. The first kappa shape index (κ1) is 17.2. The third-order valence-corrected chi connectivity index (χ3v) is 4.92. The Hall–Kier alpha value is -1.17. The van der Waals surface area contributed by atoms with E-state index >= 15 is 0 Å². The van der Waals surface area contributed by atoms with Crippen LogP contribution in [0.15, 0.2) is 35.5 Å². The second-order valence-corrected chi connectivity index (χ2v) is 11.4. The lowest BCUT2D eigenvalue weighted by atomic mass is 9.85. The summed E-state index contributed by atoms with van der Waals surface area (Å²) in [5.74, 6) is -0.547. The van der Waals surface area contributed by atoms with Crippen molar-refractivity contribution < 1.29 is 14.0 Å². The normalized spacial score (nSPS) is 27.0. The molecule has 0 amide bonds. The molecule has 3 atom stereocenters. The van der Waals surface area contributed by atoms with Gasteiger partial charge in [0.25, 0.3) is 0 Å². The fraction of sp³-hybridized carbons (Fsp3) is 0.588. The zero-order valence-corrected chi connectivity index (χ0v) is 15.4. The number of rotatable bonds is 5. The van der Waals surface area contributed by atoms with Gasteiger partial charge < -0.3 is 14.0 Å². The van der Waals surface area contributed by atoms with Crippen LogP contribution in [-0.2, 0) is 14.0 Å². The molecule has 0 saturated carbocycles. The molecule has 0 aromatic heterocycles. The number of methoxy groups -OCH3 is 1. The van der Waals surface area contributed by atoms with Crippen LogP contribution in [0.25, 0.3) is 0 Å². The molecule has 0 aliphatic carbocycles. The Bertz CT molecular complexity index is 526.